The first-order chi connectivity index (χ1) is 11.5. The number of nitrogens with one attached hydrogen (secondary N) is 2. The van der Waals surface area contributed by atoms with E-state index in [0.29, 0.717) is 22.7 Å². The van der Waals surface area contributed by atoms with Gasteiger partial charge in [-0.05, 0) is 26.8 Å². The van der Waals surface area contributed by atoms with E-state index in [1.54, 1.807) is 26.0 Å². The number of nitrogens with zero attached hydrogens (tertiary/aromatic N) is 4. The van der Waals surface area contributed by atoms with Crippen molar-refractivity contribution in [1.29, 1.82) is 0 Å². The van der Waals surface area contributed by atoms with Crippen LogP contribution >= 0.6 is 0 Å². The Labute approximate surface area is 137 Å². The highest BCUT2D eigenvalue weighted by atomic mass is 16.2. The van der Waals surface area contributed by atoms with Crippen molar-refractivity contribution < 1.29 is 4.79 Å². The summed E-state index contributed by atoms with van der Waals surface area (Å²) in [6.07, 6.45) is 0. The van der Waals surface area contributed by atoms with Gasteiger partial charge in [0.25, 0.3) is 5.56 Å². The van der Waals surface area contributed by atoms with Gasteiger partial charge in [-0.1, -0.05) is 18.2 Å². The maximum absolute atomic E-state index is 12.5. The molecule has 0 radical (unpaired) electrons. The third kappa shape index (κ3) is 3.03. The Bertz CT molecular complexity index is 959. The first-order valence-corrected chi connectivity index (χ1v) is 7.60. The van der Waals surface area contributed by atoms with E-state index in [1.807, 2.05) is 19.1 Å². The van der Waals surface area contributed by atoms with Gasteiger partial charge in [-0.25, -0.2) is 9.67 Å². The summed E-state index contributed by atoms with van der Waals surface area (Å²) < 4.78 is 1.18. The van der Waals surface area contributed by atoms with Gasteiger partial charge in [0.05, 0.1) is 17.1 Å². The van der Waals surface area contributed by atoms with Gasteiger partial charge in [-0.3, -0.25) is 14.7 Å². The highest BCUT2D eigenvalue weighted by Crippen LogP contribution is 2.11. The van der Waals surface area contributed by atoms with Gasteiger partial charge in [0.15, 0.2) is 5.82 Å². The third-order valence-electron chi connectivity index (χ3n) is 3.73. The predicted molar refractivity (Wildman–Crippen MR) is 88.4 cm³/mol. The minimum absolute atomic E-state index is 0.155. The van der Waals surface area contributed by atoms with Crippen LogP contribution in [0.5, 0.6) is 0 Å². The lowest BCUT2D eigenvalue weighted by Crippen LogP contribution is -2.35. The summed E-state index contributed by atoms with van der Waals surface area (Å²) in [5.74, 6) is 0.847. The second-order valence-electron chi connectivity index (χ2n) is 5.66. The van der Waals surface area contributed by atoms with Crippen LogP contribution in [0.2, 0.25) is 0 Å². The van der Waals surface area contributed by atoms with Crippen LogP contribution in [0.25, 0.3) is 10.8 Å². The standard InChI is InChI=1S/C16H18N6O2/c1-9-12-6-4-5-7-13(12)16(24)22(21-9)8-14(23)17-10(2)15-18-11(3)19-20-15/h4-7,10H,8H2,1-3H3,(H,17,23)(H,18,19,20)/t10-/m1/s1. The number of rotatable bonds is 4. The lowest BCUT2D eigenvalue weighted by Gasteiger charge is -2.12. The zero-order valence-corrected chi connectivity index (χ0v) is 13.7. The average molecular weight is 326 g/mol. The van der Waals surface area contributed by atoms with Gasteiger partial charge in [0.1, 0.15) is 12.4 Å². The summed E-state index contributed by atoms with van der Waals surface area (Å²) in [4.78, 5) is 28.9. The van der Waals surface area contributed by atoms with E-state index >= 15 is 0 Å². The fourth-order valence-corrected chi connectivity index (χ4v) is 2.55. The molecule has 0 aliphatic heterocycles. The van der Waals surface area contributed by atoms with Crippen LogP contribution in [0.1, 0.15) is 30.3 Å². The fourth-order valence-electron chi connectivity index (χ4n) is 2.55. The number of H-pyrrole nitrogens is 1. The molecule has 0 fully saturated rings. The monoisotopic (exact) mass is 326 g/mol. The summed E-state index contributed by atoms with van der Waals surface area (Å²) in [5.41, 5.74) is 0.420. The number of amides is 1. The minimum Gasteiger partial charge on any atom is -0.345 e. The van der Waals surface area contributed by atoms with Gasteiger partial charge in [0, 0.05) is 5.39 Å². The minimum atomic E-state index is -0.361. The number of benzene rings is 1. The lowest BCUT2D eigenvalue weighted by atomic mass is 10.1. The summed E-state index contributed by atoms with van der Waals surface area (Å²) in [6, 6.07) is 6.87. The van der Waals surface area contributed by atoms with E-state index in [4.69, 9.17) is 0 Å². The molecule has 0 aliphatic rings. The third-order valence-corrected chi connectivity index (χ3v) is 3.73. The molecule has 2 N–H and O–H groups in total. The van der Waals surface area contributed by atoms with Gasteiger partial charge in [0.2, 0.25) is 5.91 Å². The first-order valence-electron chi connectivity index (χ1n) is 7.60. The number of aryl methyl sites for hydroxylation is 2. The molecule has 0 unspecified atom stereocenters. The zero-order chi connectivity index (χ0) is 17.3. The molecule has 24 heavy (non-hydrogen) atoms. The molecule has 3 rings (SSSR count). The van der Waals surface area contributed by atoms with Crippen molar-refractivity contribution in [3.8, 4) is 0 Å². The Hall–Kier alpha value is -3.03. The molecule has 124 valence electrons. The molecule has 1 atom stereocenters. The van der Waals surface area contributed by atoms with Crippen molar-refractivity contribution in [1.82, 2.24) is 30.3 Å². The van der Waals surface area contributed by atoms with Crippen molar-refractivity contribution in [3.05, 3.63) is 52.0 Å². The predicted octanol–water partition coefficient (Wildman–Crippen LogP) is 1.01. The number of hydrogen-bond acceptors (Lipinski definition) is 5. The average Bonchev–Trinajstić information content (AvgIpc) is 2.99. The molecule has 1 aromatic carbocycles. The molecular formula is C16H18N6O2. The van der Waals surface area contributed by atoms with Crippen molar-refractivity contribution in [2.45, 2.75) is 33.4 Å². The number of hydrogen-bond donors (Lipinski definition) is 2. The molecule has 0 spiro atoms. The second kappa shape index (κ2) is 6.23. The van der Waals surface area contributed by atoms with Crippen LogP contribution < -0.4 is 10.9 Å². The molecule has 0 aliphatic carbocycles. The van der Waals surface area contributed by atoms with Crippen LogP contribution in [-0.4, -0.2) is 30.9 Å². The van der Waals surface area contributed by atoms with Gasteiger partial charge in [-0.15, -0.1) is 0 Å². The maximum atomic E-state index is 12.5. The lowest BCUT2D eigenvalue weighted by molar-refractivity contribution is -0.122. The second-order valence-corrected chi connectivity index (χ2v) is 5.66. The number of aromatic amines is 1. The van der Waals surface area contributed by atoms with E-state index in [0.717, 1.165) is 5.39 Å². The SMILES string of the molecule is Cc1nc([C@@H](C)NC(=O)Cn2nc(C)c3ccccc3c2=O)n[nH]1. The van der Waals surface area contributed by atoms with E-state index in [2.05, 4.69) is 25.6 Å². The molecule has 0 saturated heterocycles. The van der Waals surface area contributed by atoms with Crippen LogP contribution in [0.15, 0.2) is 29.1 Å². The quantitative estimate of drug-likeness (QED) is 0.744. The van der Waals surface area contributed by atoms with Gasteiger partial charge >= 0.3 is 0 Å². The first kappa shape index (κ1) is 15.9. The van der Waals surface area contributed by atoms with Crippen LogP contribution in [0.3, 0.4) is 0 Å². The summed E-state index contributed by atoms with van der Waals surface area (Å²) >= 11 is 0. The maximum Gasteiger partial charge on any atom is 0.275 e. The molecule has 1 amide bonds. The molecule has 8 heteroatoms. The Morgan fingerprint density at radius 1 is 1.29 bits per heavy atom. The molecule has 0 saturated carbocycles. The molecule has 3 aromatic rings. The number of fused-ring (bicyclic) bond motifs is 1. The summed E-state index contributed by atoms with van der Waals surface area (Å²) in [6.45, 7) is 5.22. The highest BCUT2D eigenvalue weighted by molar-refractivity contribution is 5.83. The Kier molecular flexibility index (Phi) is 4.11. The van der Waals surface area contributed by atoms with Gasteiger partial charge < -0.3 is 5.32 Å². The molecule has 8 nitrogen and oxygen atoms in total. The van der Waals surface area contributed by atoms with Crippen molar-refractivity contribution in [3.63, 3.8) is 0 Å². The Morgan fingerprint density at radius 2 is 2.00 bits per heavy atom. The van der Waals surface area contributed by atoms with E-state index in [-0.39, 0.29) is 24.1 Å². The molecule has 2 heterocycles. The van der Waals surface area contributed by atoms with Crippen LogP contribution in [0, 0.1) is 13.8 Å². The van der Waals surface area contributed by atoms with E-state index < -0.39 is 0 Å². The Balaban J connectivity index is 1.81. The highest BCUT2D eigenvalue weighted by Gasteiger charge is 2.16. The fraction of sp³-hybridized carbons (Fsp3) is 0.312. The summed E-state index contributed by atoms with van der Waals surface area (Å²) in [7, 11) is 0. The van der Waals surface area contributed by atoms with Crippen LogP contribution in [0.4, 0.5) is 0 Å². The van der Waals surface area contributed by atoms with Crippen molar-refractivity contribution >= 4 is 16.7 Å². The van der Waals surface area contributed by atoms with Crippen molar-refractivity contribution in [2.75, 3.05) is 0 Å². The van der Waals surface area contributed by atoms with Gasteiger partial charge in [-0.2, -0.15) is 10.2 Å². The molecule has 2 aromatic heterocycles. The number of carbonyl (C=O) groups excluding carboxylic acids is 1. The molecule has 0 bridgehead atoms. The van der Waals surface area contributed by atoms with Crippen LogP contribution in [-0.2, 0) is 11.3 Å². The largest absolute Gasteiger partial charge is 0.345 e. The normalized spacial score (nSPS) is 12.3. The Morgan fingerprint density at radius 3 is 2.67 bits per heavy atom. The number of carbonyl (C=O) groups is 1. The van der Waals surface area contributed by atoms with E-state index in [1.165, 1.54) is 4.68 Å². The summed E-state index contributed by atoms with van der Waals surface area (Å²) in [5, 5.41) is 15.1. The molecular weight excluding hydrogens is 308 g/mol. The number of aromatic nitrogens is 5. The smallest absolute Gasteiger partial charge is 0.275 e. The topological polar surface area (TPSA) is 106 Å². The van der Waals surface area contributed by atoms with E-state index in [9.17, 15) is 9.59 Å². The van der Waals surface area contributed by atoms with Crippen molar-refractivity contribution in [2.24, 2.45) is 0 Å². The zero-order valence-electron chi connectivity index (χ0n) is 13.7.